The third-order valence-corrected chi connectivity index (χ3v) is 2.04. The van der Waals surface area contributed by atoms with E-state index in [2.05, 4.69) is 5.10 Å². The van der Waals surface area contributed by atoms with E-state index in [9.17, 15) is 9.90 Å². The van der Waals surface area contributed by atoms with Gasteiger partial charge in [0.2, 0.25) is 0 Å². The number of phenolic OH excluding ortho intramolecular Hbond substituents is 1. The number of nitrogens with one attached hydrogen (secondary N) is 1. The molecule has 0 radical (unpaired) electrons. The van der Waals surface area contributed by atoms with E-state index in [1.807, 2.05) is 0 Å². The maximum atomic E-state index is 10.9. The molecule has 0 fully saturated rings. The van der Waals surface area contributed by atoms with Crippen molar-refractivity contribution in [3.8, 4) is 11.4 Å². The Balaban J connectivity index is 2.57. The summed E-state index contributed by atoms with van der Waals surface area (Å²) in [7, 11) is 0. The first-order valence-corrected chi connectivity index (χ1v) is 4.31. The van der Waals surface area contributed by atoms with E-state index in [1.54, 1.807) is 12.1 Å². The van der Waals surface area contributed by atoms with Crippen molar-refractivity contribution in [1.82, 2.24) is 9.78 Å². The standard InChI is InChI=1S/C9H7ClN2O2/c10-6-1-2-7(8(13)5-6)12-4-3-9(14)11-12/h1-5,13H,(H,11,14). The molecule has 2 rings (SSSR count). The van der Waals surface area contributed by atoms with Crippen molar-refractivity contribution in [3.63, 3.8) is 0 Å². The summed E-state index contributed by atoms with van der Waals surface area (Å²) in [5, 5.41) is 12.5. The Bertz CT molecular complexity index is 516. The van der Waals surface area contributed by atoms with Gasteiger partial charge in [-0.2, -0.15) is 0 Å². The fourth-order valence-corrected chi connectivity index (χ4v) is 1.34. The zero-order valence-corrected chi connectivity index (χ0v) is 7.82. The van der Waals surface area contributed by atoms with E-state index in [1.165, 1.54) is 23.0 Å². The number of phenols is 1. The van der Waals surface area contributed by atoms with Crippen LogP contribution in [0.25, 0.3) is 5.69 Å². The van der Waals surface area contributed by atoms with Crippen LogP contribution < -0.4 is 5.56 Å². The van der Waals surface area contributed by atoms with Crippen LogP contribution in [0.2, 0.25) is 5.02 Å². The predicted molar refractivity (Wildman–Crippen MR) is 53.1 cm³/mol. The first kappa shape index (κ1) is 8.90. The number of rotatable bonds is 1. The molecule has 0 bridgehead atoms. The summed E-state index contributed by atoms with van der Waals surface area (Å²) in [5.74, 6) is 0.0179. The predicted octanol–water partition coefficient (Wildman–Crippen LogP) is 1.52. The van der Waals surface area contributed by atoms with Gasteiger partial charge in [-0.25, -0.2) is 0 Å². The number of H-pyrrole nitrogens is 1. The lowest BCUT2D eigenvalue weighted by Crippen LogP contribution is -2.03. The molecule has 2 aromatic rings. The number of nitrogens with zero attached hydrogens (tertiary/aromatic N) is 1. The molecular weight excluding hydrogens is 204 g/mol. The largest absolute Gasteiger partial charge is 0.506 e. The highest BCUT2D eigenvalue weighted by Crippen LogP contribution is 2.24. The van der Waals surface area contributed by atoms with Gasteiger partial charge in [0.15, 0.2) is 0 Å². The van der Waals surface area contributed by atoms with Gasteiger partial charge in [0.1, 0.15) is 11.4 Å². The number of aromatic nitrogens is 2. The maximum absolute atomic E-state index is 10.9. The average Bonchev–Trinajstić information content (AvgIpc) is 2.51. The number of benzene rings is 1. The zero-order valence-electron chi connectivity index (χ0n) is 7.07. The molecule has 0 spiro atoms. The fourth-order valence-electron chi connectivity index (χ4n) is 1.18. The summed E-state index contributed by atoms with van der Waals surface area (Å²) >= 11 is 5.67. The van der Waals surface area contributed by atoms with Gasteiger partial charge in [0, 0.05) is 23.4 Å². The summed E-state index contributed by atoms with van der Waals surface area (Å²) in [6, 6.07) is 6.03. The highest BCUT2D eigenvalue weighted by molar-refractivity contribution is 6.30. The van der Waals surface area contributed by atoms with Crippen LogP contribution in [0.1, 0.15) is 0 Å². The highest BCUT2D eigenvalue weighted by atomic mass is 35.5. The summed E-state index contributed by atoms with van der Waals surface area (Å²) < 4.78 is 1.42. The normalized spacial score (nSPS) is 10.4. The van der Waals surface area contributed by atoms with Crippen LogP contribution in [0.5, 0.6) is 5.75 Å². The van der Waals surface area contributed by atoms with Crippen LogP contribution in [0.4, 0.5) is 0 Å². The molecule has 1 heterocycles. The van der Waals surface area contributed by atoms with Crippen LogP contribution in [0.15, 0.2) is 35.3 Å². The van der Waals surface area contributed by atoms with Crippen molar-refractivity contribution in [2.24, 2.45) is 0 Å². The number of aromatic amines is 1. The van der Waals surface area contributed by atoms with Gasteiger partial charge >= 0.3 is 0 Å². The van der Waals surface area contributed by atoms with Crippen LogP contribution in [0, 0.1) is 0 Å². The summed E-state index contributed by atoms with van der Waals surface area (Å²) in [5.41, 5.74) is 0.260. The van der Waals surface area contributed by atoms with Gasteiger partial charge < -0.3 is 5.11 Å². The Morgan fingerprint density at radius 2 is 2.14 bits per heavy atom. The molecule has 72 valence electrons. The zero-order chi connectivity index (χ0) is 10.1. The van der Waals surface area contributed by atoms with Crippen molar-refractivity contribution >= 4 is 11.6 Å². The van der Waals surface area contributed by atoms with E-state index in [0.717, 1.165) is 0 Å². The van der Waals surface area contributed by atoms with E-state index in [4.69, 9.17) is 11.6 Å². The van der Waals surface area contributed by atoms with E-state index in [-0.39, 0.29) is 11.3 Å². The molecule has 14 heavy (non-hydrogen) atoms. The van der Waals surface area contributed by atoms with Crippen LogP contribution in [-0.4, -0.2) is 14.9 Å². The van der Waals surface area contributed by atoms with Gasteiger partial charge in [0.25, 0.3) is 5.56 Å². The summed E-state index contributed by atoms with van der Waals surface area (Å²) in [6.45, 7) is 0. The second-order valence-electron chi connectivity index (χ2n) is 2.79. The van der Waals surface area contributed by atoms with E-state index in [0.29, 0.717) is 10.7 Å². The van der Waals surface area contributed by atoms with Crippen molar-refractivity contribution in [1.29, 1.82) is 0 Å². The lowest BCUT2D eigenvalue weighted by atomic mass is 10.3. The Hall–Kier alpha value is -1.68. The molecule has 0 saturated heterocycles. The van der Waals surface area contributed by atoms with Gasteiger partial charge in [0.05, 0.1) is 0 Å². The minimum absolute atomic E-state index is 0.0179. The van der Waals surface area contributed by atoms with Crippen molar-refractivity contribution in [2.75, 3.05) is 0 Å². The quantitative estimate of drug-likeness (QED) is 0.750. The third-order valence-electron chi connectivity index (χ3n) is 1.80. The topological polar surface area (TPSA) is 58.0 Å². The molecule has 0 unspecified atom stereocenters. The second-order valence-corrected chi connectivity index (χ2v) is 3.23. The Labute approximate surface area is 84.4 Å². The molecule has 5 heteroatoms. The first-order chi connectivity index (χ1) is 6.66. The molecule has 0 aliphatic rings. The van der Waals surface area contributed by atoms with E-state index < -0.39 is 0 Å². The van der Waals surface area contributed by atoms with Gasteiger partial charge in [-0.3, -0.25) is 14.6 Å². The van der Waals surface area contributed by atoms with Gasteiger partial charge in [-0.05, 0) is 12.1 Å². The first-order valence-electron chi connectivity index (χ1n) is 3.93. The molecule has 0 saturated carbocycles. The monoisotopic (exact) mass is 210 g/mol. The van der Waals surface area contributed by atoms with Crippen LogP contribution >= 0.6 is 11.6 Å². The number of hydrogen-bond acceptors (Lipinski definition) is 2. The van der Waals surface area contributed by atoms with Crippen LogP contribution in [-0.2, 0) is 0 Å². The fraction of sp³-hybridized carbons (Fsp3) is 0. The Kier molecular flexibility index (Phi) is 2.05. The third kappa shape index (κ3) is 1.52. The number of aromatic hydroxyl groups is 1. The molecule has 0 amide bonds. The molecule has 0 atom stereocenters. The number of halogens is 1. The molecule has 4 nitrogen and oxygen atoms in total. The lowest BCUT2D eigenvalue weighted by Gasteiger charge is -2.04. The Morgan fingerprint density at radius 3 is 2.71 bits per heavy atom. The van der Waals surface area contributed by atoms with E-state index >= 15 is 0 Å². The second kappa shape index (κ2) is 3.23. The van der Waals surface area contributed by atoms with Gasteiger partial charge in [-0.15, -0.1) is 0 Å². The Morgan fingerprint density at radius 1 is 1.36 bits per heavy atom. The maximum Gasteiger partial charge on any atom is 0.264 e. The minimum Gasteiger partial charge on any atom is -0.506 e. The van der Waals surface area contributed by atoms with Crippen LogP contribution in [0.3, 0.4) is 0 Å². The SMILES string of the molecule is O=c1ccn(-c2ccc(Cl)cc2O)[nH]1. The summed E-state index contributed by atoms with van der Waals surface area (Å²) in [4.78, 5) is 10.9. The van der Waals surface area contributed by atoms with Gasteiger partial charge in [-0.1, -0.05) is 11.6 Å². The molecule has 0 aliphatic heterocycles. The molecular formula is C9H7ClN2O2. The van der Waals surface area contributed by atoms with Crippen molar-refractivity contribution < 1.29 is 5.11 Å². The van der Waals surface area contributed by atoms with Crippen molar-refractivity contribution in [2.45, 2.75) is 0 Å². The molecule has 1 aromatic heterocycles. The lowest BCUT2D eigenvalue weighted by molar-refractivity contribution is 0.470. The molecule has 0 aliphatic carbocycles. The molecule has 2 N–H and O–H groups in total. The average molecular weight is 211 g/mol. The smallest absolute Gasteiger partial charge is 0.264 e. The summed E-state index contributed by atoms with van der Waals surface area (Å²) in [6.07, 6.45) is 1.53. The molecule has 1 aromatic carbocycles. The minimum atomic E-state index is -0.223. The number of hydrogen-bond donors (Lipinski definition) is 2. The highest BCUT2D eigenvalue weighted by Gasteiger charge is 2.03. The van der Waals surface area contributed by atoms with Crippen molar-refractivity contribution in [3.05, 3.63) is 45.8 Å².